The number of fused-ring (bicyclic) bond motifs is 2. The van der Waals surface area contributed by atoms with Gasteiger partial charge in [-0.15, -0.1) is 12.4 Å². The van der Waals surface area contributed by atoms with Crippen LogP contribution in [0.15, 0.2) is 97.0 Å². The van der Waals surface area contributed by atoms with Crippen molar-refractivity contribution >= 4 is 56.0 Å². The summed E-state index contributed by atoms with van der Waals surface area (Å²) in [7, 11) is -4.06. The Morgan fingerprint density at radius 1 is 1.05 bits per heavy atom. The summed E-state index contributed by atoms with van der Waals surface area (Å²) < 4.78 is 31.2. The van der Waals surface area contributed by atoms with Gasteiger partial charge in [0, 0.05) is 23.3 Å². The molecule has 0 radical (unpaired) electrons. The lowest BCUT2D eigenvalue weighted by atomic mass is 10.1. The molecule has 10 nitrogen and oxygen atoms in total. The predicted molar refractivity (Wildman–Crippen MR) is 174 cm³/mol. The van der Waals surface area contributed by atoms with Crippen molar-refractivity contribution in [2.75, 3.05) is 5.73 Å². The largest absolute Gasteiger partial charge is 0.383 e. The van der Waals surface area contributed by atoms with Gasteiger partial charge in [-0.2, -0.15) is 5.10 Å². The van der Waals surface area contributed by atoms with E-state index in [9.17, 15) is 13.2 Å². The number of hydrogen-bond acceptors (Lipinski definition) is 7. The number of allylic oxidation sites excluding steroid dienone is 3. The maximum Gasteiger partial charge on any atom is 0.246 e. The van der Waals surface area contributed by atoms with E-state index in [0.29, 0.717) is 23.0 Å². The van der Waals surface area contributed by atoms with Gasteiger partial charge in [0.05, 0.1) is 34.0 Å². The molecule has 0 saturated carbocycles. The first kappa shape index (κ1) is 29.1. The molecule has 4 aromatic heterocycles. The topological polar surface area (TPSA) is 142 Å². The van der Waals surface area contributed by atoms with E-state index in [0.717, 1.165) is 33.6 Å². The van der Waals surface area contributed by atoms with Crippen LogP contribution >= 0.6 is 12.4 Å². The van der Waals surface area contributed by atoms with E-state index in [1.165, 1.54) is 14.9 Å². The number of hydrogen-bond donors (Lipinski definition) is 2. The van der Waals surface area contributed by atoms with Gasteiger partial charge in [0.1, 0.15) is 22.6 Å². The summed E-state index contributed by atoms with van der Waals surface area (Å²) in [5.41, 5.74) is 11.8. The molecule has 12 heteroatoms. The highest BCUT2D eigenvalue weighted by Gasteiger charge is 2.33. The standard InChI is InChI=1S/C32H27N7O3S.ClH/c1-19-5-10-25(11-6-19)43(41,42)39-29-14-21(23-4-3-13-34-17-23)7-8-22(29)15-30(39)31(40)26-18-35-38(32(26)33)24-9-12-27-28(16-24)37-20(2)36-27;/h3-10,12-18,25H,11,33H2,1-2H3,(H,36,37);1H. The van der Waals surface area contributed by atoms with Crippen LogP contribution in [0.4, 0.5) is 5.82 Å². The Morgan fingerprint density at radius 2 is 1.89 bits per heavy atom. The summed E-state index contributed by atoms with van der Waals surface area (Å²) in [6, 6.07) is 16.3. The van der Waals surface area contributed by atoms with Crippen LogP contribution in [-0.2, 0) is 10.0 Å². The monoisotopic (exact) mass is 625 g/mol. The molecule has 44 heavy (non-hydrogen) atoms. The zero-order valence-electron chi connectivity index (χ0n) is 23.8. The number of aromatic nitrogens is 6. The summed E-state index contributed by atoms with van der Waals surface area (Å²) in [4.78, 5) is 26.0. The van der Waals surface area contributed by atoms with E-state index in [4.69, 9.17) is 5.73 Å². The first-order valence-electron chi connectivity index (χ1n) is 13.7. The average Bonchev–Trinajstić information content (AvgIpc) is 3.70. The number of anilines is 1. The number of benzene rings is 2. The Kier molecular flexibility index (Phi) is 7.22. The number of carbonyl (C=O) groups is 1. The van der Waals surface area contributed by atoms with Gasteiger partial charge in [0.2, 0.25) is 15.8 Å². The van der Waals surface area contributed by atoms with Crippen molar-refractivity contribution in [2.24, 2.45) is 0 Å². The number of imidazole rings is 1. The fourth-order valence-corrected chi connectivity index (χ4v) is 7.25. The molecule has 0 aliphatic heterocycles. The molecule has 0 amide bonds. The quantitative estimate of drug-likeness (QED) is 0.224. The van der Waals surface area contributed by atoms with E-state index in [1.54, 1.807) is 36.7 Å². The SMILES string of the molecule is CC1=CCC(S(=O)(=O)n2c(C(=O)c3cnn(-c4ccc5nc(C)[nH]c5c4)c3N)cc3ccc(-c4cccnc4)cc32)C=C1.Cl. The van der Waals surface area contributed by atoms with Gasteiger partial charge in [-0.3, -0.25) is 9.78 Å². The van der Waals surface area contributed by atoms with Gasteiger partial charge < -0.3 is 10.7 Å². The molecule has 0 spiro atoms. The molecular weight excluding hydrogens is 598 g/mol. The zero-order valence-corrected chi connectivity index (χ0v) is 25.4. The van der Waals surface area contributed by atoms with Crippen molar-refractivity contribution in [2.45, 2.75) is 25.5 Å². The van der Waals surface area contributed by atoms with Crippen LogP contribution in [0.25, 0.3) is 38.8 Å². The third kappa shape index (κ3) is 4.80. The average molecular weight is 626 g/mol. The van der Waals surface area contributed by atoms with Crippen molar-refractivity contribution < 1.29 is 13.2 Å². The lowest BCUT2D eigenvalue weighted by molar-refractivity contribution is 0.103. The first-order chi connectivity index (χ1) is 20.7. The molecule has 0 fully saturated rings. The van der Waals surface area contributed by atoms with Gasteiger partial charge in [0.15, 0.2) is 0 Å². The fourth-order valence-electron chi connectivity index (χ4n) is 5.52. The Labute approximate surface area is 259 Å². The number of pyridine rings is 1. The number of aromatic amines is 1. The van der Waals surface area contributed by atoms with E-state index in [1.807, 2.05) is 62.4 Å². The summed E-state index contributed by atoms with van der Waals surface area (Å²) >= 11 is 0. The number of aryl methyl sites for hydroxylation is 1. The number of H-pyrrole nitrogens is 1. The van der Waals surface area contributed by atoms with Gasteiger partial charge in [-0.25, -0.2) is 22.1 Å². The van der Waals surface area contributed by atoms with Crippen molar-refractivity contribution in [3.05, 3.63) is 114 Å². The molecule has 0 bridgehead atoms. The molecule has 1 aliphatic carbocycles. The molecule has 0 saturated heterocycles. The number of halogens is 1. The van der Waals surface area contributed by atoms with Crippen LogP contribution in [0.5, 0.6) is 0 Å². The van der Waals surface area contributed by atoms with Crippen LogP contribution in [0.3, 0.4) is 0 Å². The minimum absolute atomic E-state index is 0. The molecule has 1 aliphatic rings. The van der Waals surface area contributed by atoms with Crippen LogP contribution < -0.4 is 5.73 Å². The molecule has 7 rings (SSSR count). The van der Waals surface area contributed by atoms with Crippen molar-refractivity contribution in [3.8, 4) is 16.8 Å². The third-order valence-corrected chi connectivity index (χ3v) is 9.77. The predicted octanol–water partition coefficient (Wildman–Crippen LogP) is 5.76. The van der Waals surface area contributed by atoms with Gasteiger partial charge in [-0.05, 0) is 62.2 Å². The second kappa shape index (κ2) is 10.9. The second-order valence-electron chi connectivity index (χ2n) is 10.6. The number of nitrogen functional groups attached to an aromatic ring is 1. The summed E-state index contributed by atoms with van der Waals surface area (Å²) in [6.07, 6.45) is 10.4. The lowest BCUT2D eigenvalue weighted by Crippen LogP contribution is -2.29. The first-order valence-corrected chi connectivity index (χ1v) is 15.2. The maximum atomic E-state index is 14.3. The molecule has 2 aromatic carbocycles. The number of nitrogens with one attached hydrogen (secondary N) is 1. The molecule has 222 valence electrons. The molecule has 6 aromatic rings. The van der Waals surface area contributed by atoms with Gasteiger partial charge in [-0.1, -0.05) is 42.0 Å². The van der Waals surface area contributed by atoms with Crippen LogP contribution in [-0.4, -0.2) is 48.2 Å². The summed E-state index contributed by atoms with van der Waals surface area (Å²) in [6.45, 7) is 3.79. The minimum atomic E-state index is -4.06. The van der Waals surface area contributed by atoms with Crippen molar-refractivity contribution in [3.63, 3.8) is 0 Å². The highest BCUT2D eigenvalue weighted by molar-refractivity contribution is 7.91. The van der Waals surface area contributed by atoms with E-state index in [2.05, 4.69) is 20.1 Å². The Hall–Kier alpha value is -5.00. The summed E-state index contributed by atoms with van der Waals surface area (Å²) in [5.74, 6) is 0.328. The second-order valence-corrected chi connectivity index (χ2v) is 12.6. The molecule has 1 unspecified atom stereocenters. The normalized spacial score (nSPS) is 15.0. The van der Waals surface area contributed by atoms with Crippen LogP contribution in [0.2, 0.25) is 0 Å². The number of nitrogens with two attached hydrogens (primary N) is 1. The highest BCUT2D eigenvalue weighted by atomic mass is 35.5. The minimum Gasteiger partial charge on any atom is -0.383 e. The number of ketones is 1. The molecule has 3 N–H and O–H groups in total. The van der Waals surface area contributed by atoms with Crippen molar-refractivity contribution in [1.29, 1.82) is 0 Å². The Bertz CT molecular complexity index is 2250. The highest BCUT2D eigenvalue weighted by Crippen LogP contribution is 2.33. The fraction of sp³-hybridized carbons (Fsp3) is 0.125. The van der Waals surface area contributed by atoms with Crippen LogP contribution in [0.1, 0.15) is 35.2 Å². The number of nitrogens with zero attached hydrogens (tertiary/aromatic N) is 5. The summed E-state index contributed by atoms with van der Waals surface area (Å²) in [5, 5.41) is 4.16. The lowest BCUT2D eigenvalue weighted by Gasteiger charge is -2.19. The number of rotatable bonds is 6. The molecule has 1 atom stereocenters. The smallest absolute Gasteiger partial charge is 0.246 e. The number of carbonyl (C=O) groups excluding carboxylic acids is 1. The van der Waals surface area contributed by atoms with E-state index < -0.39 is 21.1 Å². The Morgan fingerprint density at radius 3 is 2.64 bits per heavy atom. The molecular formula is C32H28ClN7O3S. The van der Waals surface area contributed by atoms with Gasteiger partial charge in [0.25, 0.3) is 0 Å². The zero-order chi connectivity index (χ0) is 29.9. The van der Waals surface area contributed by atoms with E-state index >= 15 is 0 Å². The van der Waals surface area contributed by atoms with Crippen molar-refractivity contribution in [1.82, 2.24) is 28.7 Å². The maximum absolute atomic E-state index is 14.3. The van der Waals surface area contributed by atoms with Crippen LogP contribution in [0, 0.1) is 6.92 Å². The van der Waals surface area contributed by atoms with E-state index in [-0.39, 0.29) is 29.5 Å². The molecule has 4 heterocycles. The van der Waals surface area contributed by atoms with Gasteiger partial charge >= 0.3 is 0 Å². The Balaban J connectivity index is 0.00000343. The third-order valence-electron chi connectivity index (χ3n) is 7.75.